The topological polar surface area (TPSA) is 24.4 Å². The van der Waals surface area contributed by atoms with Gasteiger partial charge in [0.2, 0.25) is 0 Å². The molecule has 0 aliphatic heterocycles. The molecule has 1 aromatic carbocycles. The normalized spacial score (nSPS) is 11.2. The van der Waals surface area contributed by atoms with Crippen LogP contribution in [-0.2, 0) is 0 Å². The van der Waals surface area contributed by atoms with Crippen LogP contribution in [0.3, 0.4) is 0 Å². The van der Waals surface area contributed by atoms with E-state index in [-0.39, 0.29) is 0 Å². The lowest BCUT2D eigenvalue weighted by Crippen LogP contribution is -1.92. The molecule has 2 aromatic rings. The summed E-state index contributed by atoms with van der Waals surface area (Å²) in [6, 6.07) is 10.5. The molecule has 13 heavy (non-hydrogen) atoms. The van der Waals surface area contributed by atoms with Gasteiger partial charge in [-0.25, -0.2) is 0 Å². The maximum Gasteiger partial charge on any atom is 0.0640 e. The molecule has 2 nitrogen and oxygen atoms in total. The van der Waals surface area contributed by atoms with Crippen molar-refractivity contribution in [2.24, 2.45) is 5.10 Å². The highest BCUT2D eigenvalue weighted by Crippen LogP contribution is 2.23. The third kappa shape index (κ3) is 1.70. The van der Waals surface area contributed by atoms with E-state index in [1.54, 1.807) is 18.4 Å². The number of hydrogen-bond donors (Lipinski definition) is 1. The van der Waals surface area contributed by atoms with Crippen LogP contribution in [0.1, 0.15) is 4.88 Å². The van der Waals surface area contributed by atoms with E-state index in [2.05, 4.69) is 34.8 Å². The monoisotopic (exact) mass is 190 g/mol. The van der Waals surface area contributed by atoms with E-state index in [0.29, 0.717) is 0 Å². The zero-order valence-corrected chi connectivity index (χ0v) is 8.14. The second kappa shape index (κ2) is 3.58. The van der Waals surface area contributed by atoms with Gasteiger partial charge in [-0.05, 0) is 17.5 Å². The molecule has 0 amide bonds. The van der Waals surface area contributed by atoms with E-state index >= 15 is 0 Å². The van der Waals surface area contributed by atoms with Crippen LogP contribution in [-0.4, -0.2) is 13.3 Å². The highest BCUT2D eigenvalue weighted by atomic mass is 32.1. The van der Waals surface area contributed by atoms with Crippen LogP contribution in [0.4, 0.5) is 0 Å². The number of hydrogen-bond acceptors (Lipinski definition) is 3. The lowest BCUT2D eigenvalue weighted by Gasteiger charge is -1.82. The molecule has 1 heterocycles. The van der Waals surface area contributed by atoms with Crippen molar-refractivity contribution in [3.63, 3.8) is 0 Å². The van der Waals surface area contributed by atoms with Gasteiger partial charge in [-0.3, -0.25) is 0 Å². The summed E-state index contributed by atoms with van der Waals surface area (Å²) in [5, 5.41) is 5.26. The fourth-order valence-corrected chi connectivity index (χ4v) is 2.13. The maximum atomic E-state index is 3.97. The molecule has 0 spiro atoms. The predicted octanol–water partition coefficient (Wildman–Crippen LogP) is 2.45. The summed E-state index contributed by atoms with van der Waals surface area (Å²) in [6.07, 6.45) is 1.84. The van der Waals surface area contributed by atoms with Crippen LogP contribution in [0.25, 0.3) is 10.1 Å². The summed E-state index contributed by atoms with van der Waals surface area (Å²) in [5.41, 5.74) is 2.74. The van der Waals surface area contributed by atoms with Gasteiger partial charge in [0.15, 0.2) is 0 Å². The minimum atomic E-state index is 1.18. The molecule has 2 rings (SSSR count). The van der Waals surface area contributed by atoms with E-state index in [0.717, 1.165) is 0 Å². The van der Waals surface area contributed by atoms with Crippen molar-refractivity contribution in [2.45, 2.75) is 0 Å². The SMILES string of the molecule is CN/N=C/c1cc2ccccc2s1. The molecule has 0 aliphatic carbocycles. The van der Waals surface area contributed by atoms with Crippen LogP contribution in [0.2, 0.25) is 0 Å². The molecule has 66 valence electrons. The summed E-state index contributed by atoms with van der Waals surface area (Å²) in [7, 11) is 1.80. The van der Waals surface area contributed by atoms with Crippen molar-refractivity contribution in [2.75, 3.05) is 7.05 Å². The number of thiophene rings is 1. The number of fused-ring (bicyclic) bond motifs is 1. The van der Waals surface area contributed by atoms with E-state index in [4.69, 9.17) is 0 Å². The number of benzene rings is 1. The minimum Gasteiger partial charge on any atom is -0.313 e. The molecule has 0 radical (unpaired) electrons. The number of nitrogens with one attached hydrogen (secondary N) is 1. The lowest BCUT2D eigenvalue weighted by molar-refractivity contribution is 0.908. The largest absolute Gasteiger partial charge is 0.313 e. The minimum absolute atomic E-state index is 1.18. The van der Waals surface area contributed by atoms with Crippen molar-refractivity contribution in [1.29, 1.82) is 0 Å². The Morgan fingerprint density at radius 2 is 2.23 bits per heavy atom. The molecule has 1 aromatic heterocycles. The molecular weight excluding hydrogens is 180 g/mol. The van der Waals surface area contributed by atoms with Gasteiger partial charge >= 0.3 is 0 Å². The Morgan fingerprint density at radius 3 is 3.00 bits per heavy atom. The lowest BCUT2D eigenvalue weighted by atomic mass is 10.2. The summed E-state index contributed by atoms with van der Waals surface area (Å²) in [5.74, 6) is 0. The van der Waals surface area contributed by atoms with Crippen molar-refractivity contribution in [1.82, 2.24) is 5.43 Å². The Morgan fingerprint density at radius 1 is 1.38 bits per heavy atom. The van der Waals surface area contributed by atoms with Gasteiger partial charge in [0.1, 0.15) is 0 Å². The smallest absolute Gasteiger partial charge is 0.0640 e. The zero-order chi connectivity index (χ0) is 9.10. The van der Waals surface area contributed by atoms with Gasteiger partial charge in [-0.2, -0.15) is 5.10 Å². The highest BCUT2D eigenvalue weighted by Gasteiger charge is 1.97. The van der Waals surface area contributed by atoms with E-state index < -0.39 is 0 Å². The fourth-order valence-electron chi connectivity index (χ4n) is 1.19. The van der Waals surface area contributed by atoms with Crippen molar-refractivity contribution < 1.29 is 0 Å². The standard InChI is InChI=1S/C10H10N2S/c1-11-12-7-9-6-8-4-2-3-5-10(8)13-9/h2-7,11H,1H3/b12-7+. The third-order valence-electron chi connectivity index (χ3n) is 1.77. The first-order valence-electron chi connectivity index (χ1n) is 4.08. The van der Waals surface area contributed by atoms with Gasteiger partial charge in [0.25, 0.3) is 0 Å². The molecule has 0 aliphatic rings. The van der Waals surface area contributed by atoms with Crippen LogP contribution in [0, 0.1) is 0 Å². The molecule has 0 bridgehead atoms. The van der Waals surface area contributed by atoms with E-state index in [1.165, 1.54) is 15.0 Å². The zero-order valence-electron chi connectivity index (χ0n) is 7.32. The van der Waals surface area contributed by atoms with Crippen molar-refractivity contribution >= 4 is 27.6 Å². The summed E-state index contributed by atoms with van der Waals surface area (Å²) >= 11 is 1.75. The number of hydrazone groups is 1. The first-order valence-corrected chi connectivity index (χ1v) is 4.90. The van der Waals surface area contributed by atoms with Crippen molar-refractivity contribution in [3.05, 3.63) is 35.2 Å². The van der Waals surface area contributed by atoms with Gasteiger partial charge in [-0.1, -0.05) is 18.2 Å². The second-order valence-corrected chi connectivity index (χ2v) is 3.78. The van der Waals surface area contributed by atoms with Crippen molar-refractivity contribution in [3.8, 4) is 0 Å². The summed E-state index contributed by atoms with van der Waals surface area (Å²) < 4.78 is 1.31. The Bertz CT molecular complexity index is 398. The molecule has 0 unspecified atom stereocenters. The number of rotatable bonds is 2. The van der Waals surface area contributed by atoms with Gasteiger partial charge in [-0.15, -0.1) is 11.3 Å². The van der Waals surface area contributed by atoms with Gasteiger partial charge in [0, 0.05) is 16.6 Å². The first-order chi connectivity index (χ1) is 6.40. The van der Waals surface area contributed by atoms with Gasteiger partial charge in [0.05, 0.1) is 6.21 Å². The van der Waals surface area contributed by atoms with E-state index in [1.807, 2.05) is 12.3 Å². The quantitative estimate of drug-likeness (QED) is 0.571. The summed E-state index contributed by atoms with van der Waals surface area (Å²) in [6.45, 7) is 0. The van der Waals surface area contributed by atoms with Gasteiger partial charge < -0.3 is 5.43 Å². The molecule has 0 saturated heterocycles. The third-order valence-corrected chi connectivity index (χ3v) is 2.82. The van der Waals surface area contributed by atoms with Crippen LogP contribution in [0.5, 0.6) is 0 Å². The molecule has 0 saturated carbocycles. The highest BCUT2D eigenvalue weighted by molar-refractivity contribution is 7.20. The fraction of sp³-hybridized carbons (Fsp3) is 0.100. The average Bonchev–Trinajstić information content (AvgIpc) is 2.57. The Balaban J connectivity index is 2.44. The second-order valence-electron chi connectivity index (χ2n) is 2.67. The maximum absolute atomic E-state index is 3.97. The molecular formula is C10H10N2S. The first kappa shape index (κ1) is 8.26. The number of nitrogens with zero attached hydrogens (tertiary/aromatic N) is 1. The molecule has 0 fully saturated rings. The molecule has 0 atom stereocenters. The van der Waals surface area contributed by atoms with Crippen LogP contribution in [0.15, 0.2) is 35.4 Å². The predicted molar refractivity (Wildman–Crippen MR) is 58.5 cm³/mol. The summed E-state index contributed by atoms with van der Waals surface area (Å²) in [4.78, 5) is 1.18. The van der Waals surface area contributed by atoms with E-state index in [9.17, 15) is 0 Å². The average molecular weight is 190 g/mol. The van der Waals surface area contributed by atoms with Crippen LogP contribution < -0.4 is 5.43 Å². The van der Waals surface area contributed by atoms with Crippen LogP contribution >= 0.6 is 11.3 Å². The Labute approximate surface area is 80.9 Å². The molecule has 3 heteroatoms. The Kier molecular flexibility index (Phi) is 2.27. The Hall–Kier alpha value is -1.35. The molecule has 1 N–H and O–H groups in total.